The van der Waals surface area contributed by atoms with Crippen LogP contribution in [0.4, 0.5) is 0 Å². The van der Waals surface area contributed by atoms with E-state index in [0.717, 1.165) is 30.5 Å². The number of rotatable bonds is 1. The molecule has 1 aliphatic rings. The van der Waals surface area contributed by atoms with Gasteiger partial charge in [0.2, 0.25) is 0 Å². The highest BCUT2D eigenvalue weighted by Crippen LogP contribution is 2.30. The van der Waals surface area contributed by atoms with E-state index in [1.165, 1.54) is 0 Å². The van der Waals surface area contributed by atoms with Crippen molar-refractivity contribution in [2.45, 2.75) is 25.2 Å². The van der Waals surface area contributed by atoms with Gasteiger partial charge in [0.25, 0.3) is 0 Å². The summed E-state index contributed by atoms with van der Waals surface area (Å²) in [6.07, 6.45) is 4.42. The molecule has 0 aliphatic heterocycles. The number of carboxylic acids is 1. The van der Waals surface area contributed by atoms with Gasteiger partial charge in [-0.05, 0) is 19.3 Å². The van der Waals surface area contributed by atoms with E-state index in [1.807, 2.05) is 13.2 Å². The third-order valence-electron chi connectivity index (χ3n) is 2.52. The molecule has 0 aromatic carbocycles. The minimum atomic E-state index is -0.728. The monoisotopic (exact) mass is 180 g/mol. The third kappa shape index (κ3) is 1.32. The molecular formula is C9H12N2O2. The average molecular weight is 180 g/mol. The Morgan fingerprint density at radius 3 is 3.23 bits per heavy atom. The molecular weight excluding hydrogens is 168 g/mol. The predicted octanol–water partition coefficient (Wildman–Crippen LogP) is 0.925. The zero-order valence-corrected chi connectivity index (χ0v) is 7.53. The zero-order chi connectivity index (χ0) is 9.42. The summed E-state index contributed by atoms with van der Waals surface area (Å²) < 4.78 is 1.70. The number of aryl methyl sites for hydroxylation is 2. The maximum Gasteiger partial charge on any atom is 0.311 e. The fourth-order valence-electron chi connectivity index (χ4n) is 1.92. The molecule has 1 N–H and O–H groups in total. The number of nitrogens with zero attached hydrogens (tertiary/aromatic N) is 2. The van der Waals surface area contributed by atoms with E-state index in [2.05, 4.69) is 5.10 Å². The molecule has 0 radical (unpaired) electrons. The second-order valence-corrected chi connectivity index (χ2v) is 3.49. The molecule has 1 aromatic heterocycles. The van der Waals surface area contributed by atoms with Crippen molar-refractivity contribution in [2.24, 2.45) is 7.05 Å². The summed E-state index contributed by atoms with van der Waals surface area (Å²) in [5, 5.41) is 13.2. The number of aromatic nitrogens is 2. The molecule has 4 heteroatoms. The van der Waals surface area contributed by atoms with Crippen molar-refractivity contribution in [1.82, 2.24) is 9.78 Å². The van der Waals surface area contributed by atoms with E-state index in [1.54, 1.807) is 4.68 Å². The third-order valence-corrected chi connectivity index (χ3v) is 2.52. The molecule has 2 rings (SSSR count). The van der Waals surface area contributed by atoms with Crippen LogP contribution in [-0.2, 0) is 18.3 Å². The number of hydrogen-bond acceptors (Lipinski definition) is 2. The summed E-state index contributed by atoms with van der Waals surface area (Å²) in [6.45, 7) is 0. The zero-order valence-electron chi connectivity index (χ0n) is 7.53. The van der Waals surface area contributed by atoms with Crippen molar-refractivity contribution in [3.63, 3.8) is 0 Å². The minimum Gasteiger partial charge on any atom is -0.481 e. The van der Waals surface area contributed by atoms with Gasteiger partial charge in [0, 0.05) is 18.8 Å². The normalized spacial score (nSPS) is 21.2. The number of aliphatic carboxylic acids is 1. The minimum absolute atomic E-state index is 0.336. The van der Waals surface area contributed by atoms with Gasteiger partial charge >= 0.3 is 5.97 Å². The van der Waals surface area contributed by atoms with Crippen molar-refractivity contribution in [1.29, 1.82) is 0 Å². The smallest absolute Gasteiger partial charge is 0.311 e. The first-order valence-corrected chi connectivity index (χ1v) is 4.43. The lowest BCUT2D eigenvalue weighted by atomic mass is 9.87. The van der Waals surface area contributed by atoms with Crippen LogP contribution >= 0.6 is 0 Å². The average Bonchev–Trinajstić information content (AvgIpc) is 2.43. The Morgan fingerprint density at radius 2 is 2.54 bits per heavy atom. The topological polar surface area (TPSA) is 55.1 Å². The highest BCUT2D eigenvalue weighted by molar-refractivity contribution is 5.76. The summed E-state index contributed by atoms with van der Waals surface area (Å²) in [4.78, 5) is 10.9. The largest absolute Gasteiger partial charge is 0.481 e. The van der Waals surface area contributed by atoms with Gasteiger partial charge in [0.15, 0.2) is 0 Å². The lowest BCUT2D eigenvalue weighted by Gasteiger charge is -2.16. The lowest BCUT2D eigenvalue weighted by molar-refractivity contribution is -0.139. The Morgan fingerprint density at radius 1 is 1.77 bits per heavy atom. The maximum atomic E-state index is 10.9. The number of fused-ring (bicyclic) bond motifs is 1. The molecule has 4 nitrogen and oxygen atoms in total. The van der Waals surface area contributed by atoms with Crippen molar-refractivity contribution in [2.75, 3.05) is 0 Å². The fourth-order valence-corrected chi connectivity index (χ4v) is 1.92. The van der Waals surface area contributed by atoms with Gasteiger partial charge in [0.1, 0.15) is 0 Å². The van der Waals surface area contributed by atoms with Gasteiger partial charge in [-0.1, -0.05) is 0 Å². The molecule has 0 fully saturated rings. The quantitative estimate of drug-likeness (QED) is 0.699. The number of carboxylic acid groups (broad SMARTS) is 1. The standard InChI is InChI=1S/C9H12N2O2/c1-11-5-7-6(9(12)13)3-2-4-8(7)10-11/h5-6H,2-4H2,1H3,(H,12,13)/t6-/m0/s1. The summed E-state index contributed by atoms with van der Waals surface area (Å²) in [6, 6.07) is 0. The van der Waals surface area contributed by atoms with Crippen LogP contribution in [0.2, 0.25) is 0 Å². The molecule has 70 valence electrons. The summed E-state index contributed by atoms with van der Waals surface area (Å²) >= 11 is 0. The molecule has 0 saturated heterocycles. The van der Waals surface area contributed by atoms with Gasteiger partial charge in [-0.15, -0.1) is 0 Å². The van der Waals surface area contributed by atoms with Crippen LogP contribution < -0.4 is 0 Å². The van der Waals surface area contributed by atoms with Crippen LogP contribution in [0.3, 0.4) is 0 Å². The second-order valence-electron chi connectivity index (χ2n) is 3.49. The van der Waals surface area contributed by atoms with Gasteiger partial charge in [-0.3, -0.25) is 9.48 Å². The van der Waals surface area contributed by atoms with Gasteiger partial charge in [-0.25, -0.2) is 0 Å². The van der Waals surface area contributed by atoms with E-state index in [0.29, 0.717) is 0 Å². The highest BCUT2D eigenvalue weighted by atomic mass is 16.4. The van der Waals surface area contributed by atoms with E-state index < -0.39 is 5.97 Å². The van der Waals surface area contributed by atoms with Crippen molar-refractivity contribution < 1.29 is 9.90 Å². The SMILES string of the molecule is Cn1cc2c(n1)CCC[C@@H]2C(=O)O. The summed E-state index contributed by atoms with van der Waals surface area (Å²) in [5.41, 5.74) is 1.86. The molecule has 1 aliphatic carbocycles. The van der Waals surface area contributed by atoms with Crippen LogP contribution in [0.25, 0.3) is 0 Å². The molecule has 0 saturated carbocycles. The number of carbonyl (C=O) groups is 1. The van der Waals surface area contributed by atoms with Crippen LogP contribution in [-0.4, -0.2) is 20.9 Å². The highest BCUT2D eigenvalue weighted by Gasteiger charge is 2.28. The molecule has 1 heterocycles. The molecule has 0 unspecified atom stereocenters. The molecule has 1 atom stereocenters. The second kappa shape index (κ2) is 2.87. The first kappa shape index (κ1) is 8.29. The predicted molar refractivity (Wildman–Crippen MR) is 46.5 cm³/mol. The van der Waals surface area contributed by atoms with E-state index >= 15 is 0 Å². The van der Waals surface area contributed by atoms with Crippen molar-refractivity contribution >= 4 is 5.97 Å². The molecule has 0 spiro atoms. The van der Waals surface area contributed by atoms with Crippen LogP contribution in [0.1, 0.15) is 30.0 Å². The first-order valence-electron chi connectivity index (χ1n) is 4.43. The lowest BCUT2D eigenvalue weighted by Crippen LogP contribution is -2.16. The van der Waals surface area contributed by atoms with Crippen LogP contribution in [0.5, 0.6) is 0 Å². The molecule has 0 bridgehead atoms. The Balaban J connectivity index is 2.41. The Hall–Kier alpha value is -1.32. The molecule has 1 aromatic rings. The van der Waals surface area contributed by atoms with E-state index in [-0.39, 0.29) is 5.92 Å². The van der Waals surface area contributed by atoms with Crippen molar-refractivity contribution in [3.8, 4) is 0 Å². The Labute approximate surface area is 76.2 Å². The fraction of sp³-hybridized carbons (Fsp3) is 0.556. The van der Waals surface area contributed by atoms with Crippen molar-refractivity contribution in [3.05, 3.63) is 17.5 Å². The molecule has 13 heavy (non-hydrogen) atoms. The van der Waals surface area contributed by atoms with Gasteiger partial charge < -0.3 is 5.11 Å². The Bertz CT molecular complexity index is 343. The maximum absolute atomic E-state index is 10.9. The molecule has 0 amide bonds. The summed E-state index contributed by atoms with van der Waals surface area (Å²) in [7, 11) is 1.83. The first-order chi connectivity index (χ1) is 6.18. The van der Waals surface area contributed by atoms with Gasteiger partial charge in [-0.2, -0.15) is 5.10 Å². The van der Waals surface area contributed by atoms with E-state index in [4.69, 9.17) is 5.11 Å². The van der Waals surface area contributed by atoms with Crippen LogP contribution in [0.15, 0.2) is 6.20 Å². The van der Waals surface area contributed by atoms with Gasteiger partial charge in [0.05, 0.1) is 11.6 Å². The van der Waals surface area contributed by atoms with E-state index in [9.17, 15) is 4.79 Å². The Kier molecular flexibility index (Phi) is 1.83. The summed E-state index contributed by atoms with van der Waals surface area (Å²) in [5.74, 6) is -1.06. The number of hydrogen-bond donors (Lipinski definition) is 1. The van der Waals surface area contributed by atoms with Crippen LogP contribution in [0, 0.1) is 0 Å².